The Kier molecular flexibility index (Phi) is 11.2. The first-order valence-electron chi connectivity index (χ1n) is 10.5. The third-order valence-electron chi connectivity index (χ3n) is 5.03. The SMILES string of the molecule is CCOC(=O)[C@@H](N)[C@@H](C)c1ccc(O)cc1.CCOC(=O)[C@H](N)[C@H](C)c1ccc(O)cc1. The number of carbonyl (C=O) groups excluding carboxylic acids is 2. The van der Waals surface area contributed by atoms with Gasteiger partial charge in [0.05, 0.1) is 13.2 Å². The maximum absolute atomic E-state index is 11.4. The van der Waals surface area contributed by atoms with Gasteiger partial charge in [0.25, 0.3) is 0 Å². The minimum Gasteiger partial charge on any atom is -0.508 e. The number of phenols is 2. The highest BCUT2D eigenvalue weighted by molar-refractivity contribution is 5.77. The van der Waals surface area contributed by atoms with Crippen LogP contribution in [-0.2, 0) is 19.1 Å². The maximum atomic E-state index is 11.4. The normalized spacial score (nSPS) is 14.2. The molecule has 0 bridgehead atoms. The van der Waals surface area contributed by atoms with E-state index in [2.05, 4.69) is 0 Å². The van der Waals surface area contributed by atoms with Crippen LogP contribution in [0.3, 0.4) is 0 Å². The lowest BCUT2D eigenvalue weighted by molar-refractivity contribution is -0.146. The number of hydrogen-bond donors (Lipinski definition) is 4. The van der Waals surface area contributed by atoms with Crippen LogP contribution in [0.1, 0.15) is 50.7 Å². The van der Waals surface area contributed by atoms with Crippen molar-refractivity contribution in [3.8, 4) is 11.5 Å². The summed E-state index contributed by atoms with van der Waals surface area (Å²) < 4.78 is 9.71. The predicted molar refractivity (Wildman–Crippen MR) is 122 cm³/mol. The van der Waals surface area contributed by atoms with Crippen LogP contribution in [0, 0.1) is 0 Å². The van der Waals surface area contributed by atoms with Gasteiger partial charge in [-0.05, 0) is 49.2 Å². The van der Waals surface area contributed by atoms with Gasteiger partial charge < -0.3 is 31.2 Å². The van der Waals surface area contributed by atoms with Gasteiger partial charge in [-0.3, -0.25) is 9.59 Å². The molecule has 2 aromatic rings. The van der Waals surface area contributed by atoms with E-state index in [1.54, 1.807) is 62.4 Å². The average molecular weight is 447 g/mol. The number of aromatic hydroxyl groups is 2. The molecular weight excluding hydrogens is 412 g/mol. The van der Waals surface area contributed by atoms with Crippen LogP contribution in [-0.4, -0.2) is 47.4 Å². The van der Waals surface area contributed by atoms with Crippen molar-refractivity contribution in [3.05, 3.63) is 59.7 Å². The zero-order valence-corrected chi connectivity index (χ0v) is 19.0. The number of rotatable bonds is 8. The van der Waals surface area contributed by atoms with Crippen molar-refractivity contribution in [2.45, 2.75) is 51.6 Å². The van der Waals surface area contributed by atoms with Gasteiger partial charge in [-0.2, -0.15) is 0 Å². The summed E-state index contributed by atoms with van der Waals surface area (Å²) in [6.45, 7) is 7.86. The van der Waals surface area contributed by atoms with Gasteiger partial charge in [-0.1, -0.05) is 38.1 Å². The van der Waals surface area contributed by atoms with E-state index in [0.717, 1.165) is 11.1 Å². The zero-order chi connectivity index (χ0) is 24.3. The van der Waals surface area contributed by atoms with Crippen LogP contribution >= 0.6 is 0 Å². The minimum atomic E-state index is -0.676. The van der Waals surface area contributed by atoms with Crippen LogP contribution in [0.15, 0.2) is 48.5 Å². The van der Waals surface area contributed by atoms with Gasteiger partial charge in [0.2, 0.25) is 0 Å². The van der Waals surface area contributed by atoms with Gasteiger partial charge >= 0.3 is 11.9 Å². The van der Waals surface area contributed by atoms with E-state index in [1.165, 1.54) is 0 Å². The molecule has 6 N–H and O–H groups in total. The Morgan fingerprint density at radius 3 is 1.25 bits per heavy atom. The standard InChI is InChI=1S/2C12H17NO3/c2*1-3-16-12(15)11(13)8(2)9-4-6-10(14)7-5-9/h2*4-8,11,14H,3,13H2,1-2H3/t2*8-,11-/m10/s1. The van der Waals surface area contributed by atoms with Crippen molar-refractivity contribution < 1.29 is 29.3 Å². The quantitative estimate of drug-likeness (QED) is 0.453. The van der Waals surface area contributed by atoms with Crippen molar-refractivity contribution in [2.24, 2.45) is 11.5 Å². The molecule has 0 saturated carbocycles. The first-order valence-corrected chi connectivity index (χ1v) is 10.5. The molecule has 32 heavy (non-hydrogen) atoms. The summed E-state index contributed by atoms with van der Waals surface area (Å²) in [6, 6.07) is 11.9. The smallest absolute Gasteiger partial charge is 0.323 e. The van der Waals surface area contributed by atoms with Crippen LogP contribution in [0.4, 0.5) is 0 Å². The summed E-state index contributed by atoms with van der Waals surface area (Å²) in [5, 5.41) is 18.3. The molecule has 0 aromatic heterocycles. The summed E-state index contributed by atoms with van der Waals surface area (Å²) in [5.74, 6) is -0.688. The molecule has 0 fully saturated rings. The Balaban J connectivity index is 0.000000320. The van der Waals surface area contributed by atoms with E-state index in [0.29, 0.717) is 13.2 Å². The minimum absolute atomic E-state index is 0.139. The fraction of sp³-hybridized carbons (Fsp3) is 0.417. The van der Waals surface area contributed by atoms with E-state index < -0.39 is 24.0 Å². The lowest BCUT2D eigenvalue weighted by Crippen LogP contribution is -2.37. The van der Waals surface area contributed by atoms with Crippen molar-refractivity contribution in [1.29, 1.82) is 0 Å². The van der Waals surface area contributed by atoms with Crippen LogP contribution in [0.2, 0.25) is 0 Å². The highest BCUT2D eigenvalue weighted by atomic mass is 16.5. The third-order valence-corrected chi connectivity index (χ3v) is 5.03. The van der Waals surface area contributed by atoms with Crippen molar-refractivity contribution in [1.82, 2.24) is 0 Å². The van der Waals surface area contributed by atoms with Crippen LogP contribution in [0.25, 0.3) is 0 Å². The molecule has 2 rings (SSSR count). The lowest BCUT2D eigenvalue weighted by atomic mass is 9.94. The molecule has 0 unspecified atom stereocenters. The Labute approximate surface area is 189 Å². The summed E-state index contributed by atoms with van der Waals surface area (Å²) in [4.78, 5) is 22.9. The monoisotopic (exact) mass is 446 g/mol. The number of hydrogen-bond acceptors (Lipinski definition) is 8. The first-order chi connectivity index (χ1) is 15.1. The van der Waals surface area contributed by atoms with Gasteiger partial charge in [-0.15, -0.1) is 0 Å². The van der Waals surface area contributed by atoms with Gasteiger partial charge in [0.1, 0.15) is 23.6 Å². The second kappa shape index (κ2) is 13.3. The Morgan fingerprint density at radius 1 is 0.719 bits per heavy atom. The maximum Gasteiger partial charge on any atom is 0.323 e. The predicted octanol–water partition coefficient (Wildman–Crippen LogP) is 2.77. The third kappa shape index (κ3) is 8.20. The van der Waals surface area contributed by atoms with E-state index >= 15 is 0 Å². The summed E-state index contributed by atoms with van der Waals surface area (Å²) >= 11 is 0. The molecule has 0 aliphatic rings. The second-order valence-electron chi connectivity index (χ2n) is 7.32. The number of nitrogens with two attached hydrogens (primary N) is 2. The number of esters is 2. The van der Waals surface area contributed by atoms with Crippen molar-refractivity contribution >= 4 is 11.9 Å². The Bertz CT molecular complexity index is 767. The van der Waals surface area contributed by atoms with Gasteiger partial charge in [0, 0.05) is 11.8 Å². The van der Waals surface area contributed by atoms with Crippen molar-refractivity contribution in [3.63, 3.8) is 0 Å². The van der Waals surface area contributed by atoms with E-state index in [-0.39, 0.29) is 23.3 Å². The van der Waals surface area contributed by atoms with Crippen LogP contribution < -0.4 is 11.5 Å². The molecule has 0 saturated heterocycles. The lowest BCUT2D eigenvalue weighted by Gasteiger charge is -2.18. The fourth-order valence-electron chi connectivity index (χ4n) is 2.86. The Morgan fingerprint density at radius 2 is 1.00 bits per heavy atom. The molecule has 8 heteroatoms. The first kappa shape index (κ1) is 26.9. The second-order valence-corrected chi connectivity index (χ2v) is 7.32. The van der Waals surface area contributed by atoms with Crippen LogP contribution in [0.5, 0.6) is 11.5 Å². The highest BCUT2D eigenvalue weighted by Crippen LogP contribution is 2.22. The molecule has 0 aliphatic carbocycles. The molecule has 0 radical (unpaired) electrons. The summed E-state index contributed by atoms with van der Waals surface area (Å²) in [5.41, 5.74) is 13.4. The molecule has 176 valence electrons. The highest BCUT2D eigenvalue weighted by Gasteiger charge is 2.24. The molecule has 0 aliphatic heterocycles. The van der Waals surface area contributed by atoms with E-state index in [4.69, 9.17) is 31.2 Å². The molecule has 0 heterocycles. The number of ether oxygens (including phenoxy) is 2. The molecule has 4 atom stereocenters. The molecule has 0 spiro atoms. The summed E-state index contributed by atoms with van der Waals surface area (Å²) in [7, 11) is 0. The summed E-state index contributed by atoms with van der Waals surface area (Å²) in [6.07, 6.45) is 0. The van der Waals surface area contributed by atoms with E-state index in [1.807, 2.05) is 13.8 Å². The largest absolute Gasteiger partial charge is 0.508 e. The Hall–Kier alpha value is -3.10. The molecule has 8 nitrogen and oxygen atoms in total. The zero-order valence-electron chi connectivity index (χ0n) is 19.0. The van der Waals surface area contributed by atoms with Gasteiger partial charge in [0.15, 0.2) is 0 Å². The molecular formula is C24H34N2O6. The average Bonchev–Trinajstić information content (AvgIpc) is 2.79. The number of carbonyl (C=O) groups is 2. The topological polar surface area (TPSA) is 145 Å². The molecule has 0 amide bonds. The molecule has 2 aromatic carbocycles. The van der Waals surface area contributed by atoms with Gasteiger partial charge in [-0.25, -0.2) is 0 Å². The van der Waals surface area contributed by atoms with Crippen molar-refractivity contribution in [2.75, 3.05) is 13.2 Å². The number of phenolic OH excluding ortho intramolecular Hbond substituents is 2. The van der Waals surface area contributed by atoms with E-state index in [9.17, 15) is 9.59 Å². The fourth-order valence-corrected chi connectivity index (χ4v) is 2.86. The number of benzene rings is 2.